The molecule has 1 fully saturated rings. The zero-order chi connectivity index (χ0) is 17.8. The van der Waals surface area contributed by atoms with Crippen LogP contribution in [0, 0.1) is 0 Å². The number of methoxy groups -OCH3 is 1. The van der Waals surface area contributed by atoms with Gasteiger partial charge in [-0.3, -0.25) is 9.59 Å². The van der Waals surface area contributed by atoms with Crippen molar-refractivity contribution in [3.63, 3.8) is 0 Å². The van der Waals surface area contributed by atoms with Crippen LogP contribution >= 0.6 is 11.6 Å². The number of likely N-dealkylation sites (tertiary alicyclic amines) is 1. The van der Waals surface area contributed by atoms with Crippen molar-refractivity contribution in [3.8, 4) is 5.75 Å². The number of nitrogens with one attached hydrogen (secondary N) is 1. The van der Waals surface area contributed by atoms with Crippen LogP contribution in [0.5, 0.6) is 5.75 Å². The Hall–Kier alpha value is -2.53. The summed E-state index contributed by atoms with van der Waals surface area (Å²) in [5.74, 6) is 0.276. The van der Waals surface area contributed by atoms with Gasteiger partial charge in [0.05, 0.1) is 18.4 Å². The molecule has 5 nitrogen and oxygen atoms in total. The summed E-state index contributed by atoms with van der Waals surface area (Å²) in [5, 5.41) is 3.27. The Balaban J connectivity index is 1.83. The van der Waals surface area contributed by atoms with Crippen LogP contribution in [0.3, 0.4) is 0 Å². The standard InChI is InChI=1S/C19H19ClN2O3/c1-25-15-7-4-13(5-8-15)18(23)21-17-9-6-14(20)12-16(17)19(24)22-10-2-3-11-22/h4-9,12H,2-3,10-11H2,1H3,(H,21,23). The number of benzene rings is 2. The number of anilines is 1. The van der Waals surface area contributed by atoms with Crippen molar-refractivity contribution in [3.05, 3.63) is 58.6 Å². The van der Waals surface area contributed by atoms with Gasteiger partial charge < -0.3 is 15.0 Å². The van der Waals surface area contributed by atoms with Crippen LogP contribution in [0.25, 0.3) is 0 Å². The lowest BCUT2D eigenvalue weighted by atomic mass is 10.1. The molecule has 130 valence electrons. The van der Waals surface area contributed by atoms with Gasteiger partial charge in [-0.15, -0.1) is 0 Å². The van der Waals surface area contributed by atoms with Crippen LogP contribution < -0.4 is 10.1 Å². The van der Waals surface area contributed by atoms with Gasteiger partial charge in [-0.1, -0.05) is 11.6 Å². The van der Waals surface area contributed by atoms with E-state index in [0.717, 1.165) is 25.9 Å². The summed E-state index contributed by atoms with van der Waals surface area (Å²) in [4.78, 5) is 27.0. The summed E-state index contributed by atoms with van der Waals surface area (Å²) in [5.41, 5.74) is 1.36. The second kappa shape index (κ2) is 7.57. The largest absolute Gasteiger partial charge is 0.497 e. The predicted octanol–water partition coefficient (Wildman–Crippen LogP) is 3.84. The first-order valence-electron chi connectivity index (χ1n) is 8.13. The maximum Gasteiger partial charge on any atom is 0.256 e. The quantitative estimate of drug-likeness (QED) is 0.903. The highest BCUT2D eigenvalue weighted by molar-refractivity contribution is 6.31. The Labute approximate surface area is 151 Å². The number of carbonyl (C=O) groups excluding carboxylic acids is 2. The lowest BCUT2D eigenvalue weighted by Crippen LogP contribution is -2.28. The monoisotopic (exact) mass is 358 g/mol. The molecule has 3 rings (SSSR count). The third-order valence-corrected chi connectivity index (χ3v) is 4.44. The van der Waals surface area contributed by atoms with E-state index in [1.54, 1.807) is 54.5 Å². The number of halogens is 1. The number of rotatable bonds is 4. The van der Waals surface area contributed by atoms with Crippen molar-refractivity contribution in [1.29, 1.82) is 0 Å². The molecule has 1 aliphatic heterocycles. The van der Waals surface area contributed by atoms with Gasteiger partial charge in [0.1, 0.15) is 5.75 Å². The first kappa shape index (κ1) is 17.3. The fourth-order valence-electron chi connectivity index (χ4n) is 2.83. The highest BCUT2D eigenvalue weighted by Gasteiger charge is 2.23. The van der Waals surface area contributed by atoms with Gasteiger partial charge in [0, 0.05) is 23.7 Å². The lowest BCUT2D eigenvalue weighted by molar-refractivity contribution is 0.0794. The van der Waals surface area contributed by atoms with Crippen LogP contribution in [-0.4, -0.2) is 36.9 Å². The molecule has 0 saturated carbocycles. The number of hydrogen-bond donors (Lipinski definition) is 1. The van der Waals surface area contributed by atoms with E-state index < -0.39 is 0 Å². The van der Waals surface area contributed by atoms with Crippen LogP contribution in [0.2, 0.25) is 5.02 Å². The molecule has 0 bridgehead atoms. The first-order valence-corrected chi connectivity index (χ1v) is 8.50. The van der Waals surface area contributed by atoms with E-state index in [0.29, 0.717) is 27.6 Å². The van der Waals surface area contributed by atoms with E-state index in [2.05, 4.69) is 5.32 Å². The van der Waals surface area contributed by atoms with Gasteiger partial charge in [0.2, 0.25) is 0 Å². The number of carbonyl (C=O) groups is 2. The number of hydrogen-bond acceptors (Lipinski definition) is 3. The molecule has 2 aromatic carbocycles. The maximum atomic E-state index is 12.7. The Bertz CT molecular complexity index is 784. The fourth-order valence-corrected chi connectivity index (χ4v) is 3.00. The zero-order valence-electron chi connectivity index (χ0n) is 13.9. The van der Waals surface area contributed by atoms with Gasteiger partial charge in [-0.2, -0.15) is 0 Å². The summed E-state index contributed by atoms with van der Waals surface area (Å²) in [6.45, 7) is 1.47. The van der Waals surface area contributed by atoms with Crippen molar-refractivity contribution in [2.75, 3.05) is 25.5 Å². The topological polar surface area (TPSA) is 58.6 Å². The minimum Gasteiger partial charge on any atom is -0.497 e. The SMILES string of the molecule is COc1ccc(C(=O)Nc2ccc(Cl)cc2C(=O)N2CCCC2)cc1. The second-order valence-electron chi connectivity index (χ2n) is 5.87. The van der Waals surface area contributed by atoms with Crippen molar-refractivity contribution < 1.29 is 14.3 Å². The molecular formula is C19H19ClN2O3. The van der Waals surface area contributed by atoms with Crippen molar-refractivity contribution in [2.45, 2.75) is 12.8 Å². The van der Waals surface area contributed by atoms with Crippen molar-refractivity contribution in [1.82, 2.24) is 4.90 Å². The Morgan fingerprint density at radius 2 is 1.76 bits per heavy atom. The second-order valence-corrected chi connectivity index (χ2v) is 6.31. The molecule has 1 aliphatic rings. The normalized spacial score (nSPS) is 13.6. The highest BCUT2D eigenvalue weighted by Crippen LogP contribution is 2.25. The number of amides is 2. The summed E-state index contributed by atoms with van der Waals surface area (Å²) < 4.78 is 5.09. The summed E-state index contributed by atoms with van der Waals surface area (Å²) >= 11 is 6.06. The Morgan fingerprint density at radius 3 is 2.40 bits per heavy atom. The fraction of sp³-hybridized carbons (Fsp3) is 0.263. The molecular weight excluding hydrogens is 340 g/mol. The Kier molecular flexibility index (Phi) is 5.24. The summed E-state index contributed by atoms with van der Waals surface area (Å²) in [7, 11) is 1.57. The molecule has 0 aliphatic carbocycles. The van der Waals surface area contributed by atoms with E-state index in [-0.39, 0.29) is 11.8 Å². The van der Waals surface area contributed by atoms with Gasteiger partial charge in [0.15, 0.2) is 0 Å². The first-order chi connectivity index (χ1) is 12.1. The molecule has 2 amide bonds. The van der Waals surface area contributed by atoms with Gasteiger partial charge in [-0.05, 0) is 55.3 Å². The average molecular weight is 359 g/mol. The predicted molar refractivity (Wildman–Crippen MR) is 97.5 cm³/mol. The van der Waals surface area contributed by atoms with Crippen molar-refractivity contribution in [2.24, 2.45) is 0 Å². The average Bonchev–Trinajstić information content (AvgIpc) is 3.17. The van der Waals surface area contributed by atoms with Crippen LogP contribution in [0.4, 0.5) is 5.69 Å². The van der Waals surface area contributed by atoms with E-state index in [1.165, 1.54) is 0 Å². The lowest BCUT2D eigenvalue weighted by Gasteiger charge is -2.18. The molecule has 1 N–H and O–H groups in total. The molecule has 0 aromatic heterocycles. The molecule has 1 heterocycles. The molecule has 6 heteroatoms. The molecule has 2 aromatic rings. The molecule has 1 saturated heterocycles. The van der Waals surface area contributed by atoms with E-state index in [9.17, 15) is 9.59 Å². The molecule has 0 atom stereocenters. The molecule has 0 spiro atoms. The van der Waals surface area contributed by atoms with Crippen molar-refractivity contribution >= 4 is 29.1 Å². The van der Waals surface area contributed by atoms with Gasteiger partial charge >= 0.3 is 0 Å². The maximum absolute atomic E-state index is 12.7. The minimum absolute atomic E-state index is 0.106. The van der Waals surface area contributed by atoms with Crippen LogP contribution in [0.15, 0.2) is 42.5 Å². The van der Waals surface area contributed by atoms with E-state index in [1.807, 2.05) is 0 Å². The molecule has 25 heavy (non-hydrogen) atoms. The summed E-state index contributed by atoms with van der Waals surface area (Å²) in [6, 6.07) is 11.7. The third-order valence-electron chi connectivity index (χ3n) is 4.21. The van der Waals surface area contributed by atoms with Crippen LogP contribution in [0.1, 0.15) is 33.6 Å². The van der Waals surface area contributed by atoms with Crippen LogP contribution in [-0.2, 0) is 0 Å². The smallest absolute Gasteiger partial charge is 0.256 e. The van der Waals surface area contributed by atoms with Gasteiger partial charge in [-0.25, -0.2) is 0 Å². The third kappa shape index (κ3) is 3.94. The minimum atomic E-state index is -0.291. The van der Waals surface area contributed by atoms with Gasteiger partial charge in [0.25, 0.3) is 11.8 Å². The Morgan fingerprint density at radius 1 is 1.08 bits per heavy atom. The highest BCUT2D eigenvalue weighted by atomic mass is 35.5. The zero-order valence-corrected chi connectivity index (χ0v) is 14.7. The number of ether oxygens (including phenoxy) is 1. The molecule has 0 unspecified atom stereocenters. The number of nitrogens with zero attached hydrogens (tertiary/aromatic N) is 1. The summed E-state index contributed by atoms with van der Waals surface area (Å²) in [6.07, 6.45) is 2.00. The van der Waals surface area contributed by atoms with E-state index in [4.69, 9.17) is 16.3 Å². The molecule has 0 radical (unpaired) electrons. The van der Waals surface area contributed by atoms with E-state index >= 15 is 0 Å².